The number of benzene rings is 1. The predicted octanol–water partition coefficient (Wildman–Crippen LogP) is 2.93. The molecule has 1 rings (SSSR count). The second-order valence-corrected chi connectivity index (χ2v) is 4.36. The van der Waals surface area contributed by atoms with Crippen LogP contribution >= 0.6 is 22.9 Å². The fourth-order valence-electron chi connectivity index (χ4n) is 1.24. The van der Waals surface area contributed by atoms with Crippen molar-refractivity contribution in [1.82, 2.24) is 3.11 Å². The topological polar surface area (TPSA) is 20.3 Å². The van der Waals surface area contributed by atoms with E-state index in [1.165, 1.54) is 0 Å². The van der Waals surface area contributed by atoms with E-state index >= 15 is 0 Å². The van der Waals surface area contributed by atoms with E-state index in [9.17, 15) is 4.79 Å². The molecular weight excluding hydrogens is 289 g/mol. The summed E-state index contributed by atoms with van der Waals surface area (Å²) in [6, 6.07) is 9.37. The Labute approximate surface area is 98.8 Å². The number of nitrogens with zero attached hydrogens (tertiary/aromatic N) is 1. The summed E-state index contributed by atoms with van der Waals surface area (Å²) in [6.45, 7) is 4.85. The summed E-state index contributed by atoms with van der Waals surface area (Å²) in [5, 5.41) is 0. The van der Waals surface area contributed by atoms with Crippen molar-refractivity contribution in [1.29, 1.82) is 0 Å². The van der Waals surface area contributed by atoms with E-state index in [0.29, 0.717) is 0 Å². The van der Waals surface area contributed by atoms with Gasteiger partial charge in [0.05, 0.1) is 6.04 Å². The molecule has 0 spiro atoms. The maximum atomic E-state index is 11.9. The molecule has 2 nitrogen and oxygen atoms in total. The monoisotopic (exact) mass is 303 g/mol. The molecule has 0 amide bonds. The summed E-state index contributed by atoms with van der Waals surface area (Å²) in [4.78, 5) is 11.9. The first-order valence-electron chi connectivity index (χ1n) is 4.68. The van der Waals surface area contributed by atoms with Gasteiger partial charge in [0.2, 0.25) is 0 Å². The molecule has 0 fully saturated rings. The maximum Gasteiger partial charge on any atom is 0.180 e. The molecule has 0 saturated carbocycles. The molecule has 0 bridgehead atoms. The number of halogens is 1. The zero-order valence-electron chi connectivity index (χ0n) is 8.40. The van der Waals surface area contributed by atoms with Gasteiger partial charge in [-0.2, -0.15) is 0 Å². The fourth-order valence-corrected chi connectivity index (χ4v) is 1.50. The largest absolute Gasteiger partial charge is 0.292 e. The third kappa shape index (κ3) is 2.78. The molecule has 0 radical (unpaired) electrons. The number of likely N-dealkylation sites (N-methyl/N-ethyl adjacent to an activating group) is 1. The van der Waals surface area contributed by atoms with Crippen molar-refractivity contribution >= 4 is 28.6 Å². The van der Waals surface area contributed by atoms with Gasteiger partial charge in [-0.15, -0.1) is 0 Å². The van der Waals surface area contributed by atoms with E-state index in [-0.39, 0.29) is 11.8 Å². The quantitative estimate of drug-likeness (QED) is 0.484. The number of hydrogen-bond acceptors (Lipinski definition) is 2. The van der Waals surface area contributed by atoms with Crippen molar-refractivity contribution < 1.29 is 4.79 Å². The molecule has 0 N–H and O–H groups in total. The van der Waals surface area contributed by atoms with Crippen LogP contribution in [-0.2, 0) is 0 Å². The normalized spacial score (nSPS) is 12.9. The van der Waals surface area contributed by atoms with E-state index in [1.807, 2.05) is 47.3 Å². The van der Waals surface area contributed by atoms with Crippen LogP contribution in [0.1, 0.15) is 24.2 Å². The van der Waals surface area contributed by atoms with Gasteiger partial charge < -0.3 is 0 Å². The first-order valence-corrected chi connectivity index (χ1v) is 5.65. The van der Waals surface area contributed by atoms with Gasteiger partial charge in [-0.25, -0.2) is 3.11 Å². The first-order chi connectivity index (χ1) is 6.66. The molecule has 0 aliphatic rings. The van der Waals surface area contributed by atoms with Gasteiger partial charge in [0, 0.05) is 35.0 Å². The lowest BCUT2D eigenvalue weighted by Gasteiger charge is -2.19. The lowest BCUT2D eigenvalue weighted by Crippen LogP contribution is -2.31. The highest BCUT2D eigenvalue weighted by Crippen LogP contribution is 2.12. The highest BCUT2D eigenvalue weighted by molar-refractivity contribution is 14.1. The molecule has 1 unspecified atom stereocenters. The van der Waals surface area contributed by atoms with E-state index in [0.717, 1.165) is 12.1 Å². The van der Waals surface area contributed by atoms with Crippen LogP contribution in [0.3, 0.4) is 0 Å². The lowest BCUT2D eigenvalue weighted by molar-refractivity contribution is 0.0924. The Morgan fingerprint density at radius 1 is 1.43 bits per heavy atom. The molecule has 0 aliphatic heterocycles. The van der Waals surface area contributed by atoms with Crippen molar-refractivity contribution in [2.75, 3.05) is 6.54 Å². The molecule has 76 valence electrons. The van der Waals surface area contributed by atoms with Crippen LogP contribution in [0, 0.1) is 0 Å². The molecular formula is C11H14INO. The number of ketones is 1. The third-order valence-corrected chi connectivity index (χ3v) is 3.68. The zero-order valence-corrected chi connectivity index (χ0v) is 10.6. The predicted molar refractivity (Wildman–Crippen MR) is 66.6 cm³/mol. The van der Waals surface area contributed by atoms with Gasteiger partial charge in [0.15, 0.2) is 5.78 Å². The Bertz CT molecular complexity index is 299. The minimum absolute atomic E-state index is 0.0528. The van der Waals surface area contributed by atoms with Crippen molar-refractivity contribution in [3.8, 4) is 0 Å². The van der Waals surface area contributed by atoms with Crippen LogP contribution in [0.5, 0.6) is 0 Å². The average molecular weight is 303 g/mol. The minimum Gasteiger partial charge on any atom is -0.292 e. The van der Waals surface area contributed by atoms with Gasteiger partial charge in [-0.05, 0) is 6.92 Å². The number of hydrogen-bond donors (Lipinski definition) is 0. The van der Waals surface area contributed by atoms with Gasteiger partial charge in [0.1, 0.15) is 0 Å². The van der Waals surface area contributed by atoms with Crippen LogP contribution in [0.4, 0.5) is 0 Å². The van der Waals surface area contributed by atoms with Crippen molar-refractivity contribution in [2.24, 2.45) is 0 Å². The number of Topliss-reactive ketones (excluding diaryl/α,β-unsaturated/α-hetero) is 1. The summed E-state index contributed by atoms with van der Waals surface area (Å²) < 4.78 is 2.01. The summed E-state index contributed by atoms with van der Waals surface area (Å²) in [7, 11) is 0. The maximum absolute atomic E-state index is 11.9. The molecule has 3 heteroatoms. The highest BCUT2D eigenvalue weighted by Gasteiger charge is 2.18. The SMILES string of the molecule is CCN(I)C(C)C(=O)c1ccccc1. The van der Waals surface area contributed by atoms with Crippen LogP contribution in [0.15, 0.2) is 30.3 Å². The lowest BCUT2D eigenvalue weighted by atomic mass is 10.1. The molecule has 1 atom stereocenters. The van der Waals surface area contributed by atoms with Crippen molar-refractivity contribution in [3.63, 3.8) is 0 Å². The molecule has 1 aromatic carbocycles. The second-order valence-electron chi connectivity index (χ2n) is 3.12. The van der Waals surface area contributed by atoms with E-state index < -0.39 is 0 Å². The van der Waals surface area contributed by atoms with Gasteiger partial charge >= 0.3 is 0 Å². The standard InChI is InChI=1S/C11H14INO/c1-3-13(12)9(2)11(14)10-7-5-4-6-8-10/h4-9H,3H2,1-2H3. The molecule has 0 heterocycles. The number of carbonyl (C=O) groups excluding carboxylic acids is 1. The summed E-state index contributed by atoms with van der Waals surface area (Å²) >= 11 is 2.19. The molecule has 0 aliphatic carbocycles. The van der Waals surface area contributed by atoms with Crippen LogP contribution in [0.25, 0.3) is 0 Å². The van der Waals surface area contributed by atoms with Crippen LogP contribution in [-0.4, -0.2) is 21.5 Å². The average Bonchev–Trinajstić information content (AvgIpc) is 2.27. The smallest absolute Gasteiger partial charge is 0.180 e. The van der Waals surface area contributed by atoms with E-state index in [2.05, 4.69) is 22.9 Å². The Balaban J connectivity index is 2.76. The Kier molecular flexibility index (Phi) is 4.54. The second kappa shape index (κ2) is 5.46. The summed E-state index contributed by atoms with van der Waals surface area (Å²) in [6.07, 6.45) is 0. The minimum atomic E-state index is -0.0528. The fraction of sp³-hybridized carbons (Fsp3) is 0.364. The third-order valence-electron chi connectivity index (χ3n) is 2.16. The summed E-state index contributed by atoms with van der Waals surface area (Å²) in [5.41, 5.74) is 0.787. The number of carbonyl (C=O) groups is 1. The van der Waals surface area contributed by atoms with E-state index in [4.69, 9.17) is 0 Å². The van der Waals surface area contributed by atoms with Gasteiger partial charge in [0.25, 0.3) is 0 Å². The zero-order chi connectivity index (χ0) is 10.6. The Morgan fingerprint density at radius 3 is 2.50 bits per heavy atom. The van der Waals surface area contributed by atoms with Crippen LogP contribution in [0.2, 0.25) is 0 Å². The molecule has 14 heavy (non-hydrogen) atoms. The van der Waals surface area contributed by atoms with Gasteiger partial charge in [-0.3, -0.25) is 4.79 Å². The van der Waals surface area contributed by atoms with Crippen molar-refractivity contribution in [2.45, 2.75) is 19.9 Å². The number of rotatable bonds is 4. The molecule has 1 aromatic rings. The Hall–Kier alpha value is -0.420. The van der Waals surface area contributed by atoms with Crippen LogP contribution < -0.4 is 0 Å². The van der Waals surface area contributed by atoms with Gasteiger partial charge in [-0.1, -0.05) is 37.3 Å². The first kappa shape index (κ1) is 11.7. The molecule has 0 saturated heterocycles. The van der Waals surface area contributed by atoms with Crippen molar-refractivity contribution in [3.05, 3.63) is 35.9 Å². The highest BCUT2D eigenvalue weighted by atomic mass is 127. The molecule has 0 aromatic heterocycles. The van der Waals surface area contributed by atoms with E-state index in [1.54, 1.807) is 0 Å². The Morgan fingerprint density at radius 2 is 2.00 bits per heavy atom. The summed E-state index contributed by atoms with van der Waals surface area (Å²) in [5.74, 6) is 0.182.